The minimum atomic E-state index is -2.48. The number of carbonyl (C=O) groups is 2. The molecule has 4 nitrogen and oxygen atoms in total. The average Bonchev–Trinajstić information content (AvgIpc) is 2.59. The largest absolute Gasteiger partial charge is 0.455 e. The number of halogens is 3. The van der Waals surface area contributed by atoms with Crippen molar-refractivity contribution in [2.45, 2.75) is 53.5 Å². The third-order valence-corrected chi connectivity index (χ3v) is 7.77. The van der Waals surface area contributed by atoms with Gasteiger partial charge in [-0.3, -0.25) is 9.59 Å². The van der Waals surface area contributed by atoms with E-state index < -0.39 is 17.1 Å². The van der Waals surface area contributed by atoms with Crippen LogP contribution in [0.1, 0.15) is 38.5 Å². The summed E-state index contributed by atoms with van der Waals surface area (Å²) in [6.45, 7) is -0.335. The third-order valence-electron chi connectivity index (χ3n) is 6.12. The van der Waals surface area contributed by atoms with Crippen molar-refractivity contribution < 1.29 is 23.1 Å². The van der Waals surface area contributed by atoms with Crippen LogP contribution in [0.2, 0.25) is 0 Å². The molecule has 0 aliphatic heterocycles. The number of thioether (sulfide) groups is 1. The fourth-order valence-corrected chi connectivity index (χ4v) is 7.54. The second-order valence-corrected chi connectivity index (χ2v) is 11.2. The quantitative estimate of drug-likeness (QED) is 0.349. The number of rotatable bonds is 6. The lowest BCUT2D eigenvalue weighted by Gasteiger charge is -2.58. The normalized spacial score (nSPS) is 33.1. The molecule has 1 aromatic carbocycles. The Morgan fingerprint density at radius 3 is 2.39 bits per heavy atom. The molecule has 1 amide bonds. The minimum absolute atomic E-state index is 0.0519. The van der Waals surface area contributed by atoms with Gasteiger partial charge >= 0.3 is 5.97 Å². The van der Waals surface area contributed by atoms with Gasteiger partial charge in [0.25, 0.3) is 11.7 Å². The second-order valence-electron chi connectivity index (χ2n) is 8.42. The number of hydrogen-bond donors (Lipinski definition) is 1. The minimum Gasteiger partial charge on any atom is -0.455 e. The number of amides is 1. The summed E-state index contributed by atoms with van der Waals surface area (Å²) in [5.74, 6) is -2.05. The molecule has 28 heavy (non-hydrogen) atoms. The van der Waals surface area contributed by atoms with Crippen molar-refractivity contribution in [3.05, 3.63) is 24.3 Å². The van der Waals surface area contributed by atoms with Crippen molar-refractivity contribution in [2.75, 3.05) is 11.9 Å². The highest BCUT2D eigenvalue weighted by atomic mass is 79.9. The molecule has 4 bridgehead atoms. The zero-order chi connectivity index (χ0) is 19.9. The van der Waals surface area contributed by atoms with Gasteiger partial charge in [-0.25, -0.2) is 0 Å². The van der Waals surface area contributed by atoms with Crippen molar-refractivity contribution in [1.29, 1.82) is 0 Å². The van der Waals surface area contributed by atoms with Gasteiger partial charge in [0.05, 0.1) is 5.41 Å². The van der Waals surface area contributed by atoms with E-state index in [-0.39, 0.29) is 16.9 Å². The first kappa shape index (κ1) is 20.1. The summed E-state index contributed by atoms with van der Waals surface area (Å²) in [6.07, 6.45) is 5.96. The maximum atomic E-state index is 12.8. The molecule has 1 aromatic rings. The molecule has 8 heteroatoms. The number of ether oxygens (including phenoxy) is 1. The summed E-state index contributed by atoms with van der Waals surface area (Å²) in [7, 11) is 0. The summed E-state index contributed by atoms with van der Waals surface area (Å²) in [5.41, 5.74) is 0.0241. The Labute approximate surface area is 175 Å². The first-order valence-corrected chi connectivity index (χ1v) is 11.1. The van der Waals surface area contributed by atoms with Gasteiger partial charge in [-0.15, -0.1) is 0 Å². The van der Waals surface area contributed by atoms with Crippen molar-refractivity contribution in [3.63, 3.8) is 0 Å². The molecule has 0 spiro atoms. The zero-order valence-corrected chi connectivity index (χ0v) is 17.7. The van der Waals surface area contributed by atoms with E-state index in [2.05, 4.69) is 21.2 Å². The molecular formula is C20H22BrF2NO3S. The standard InChI is InChI=1S/C20H22BrF2NO3S/c21-20-8-12-5-13(9-20)7-19(6-12,11-20)17(26)27-10-16(25)24-14-1-3-15(4-2-14)28-18(22)23/h1-4,12-13,18H,5-11H2,(H,24,25)/t12-,13-,19?,20?/m1/s1. The first-order chi connectivity index (χ1) is 13.3. The molecule has 0 unspecified atom stereocenters. The van der Waals surface area contributed by atoms with Crippen LogP contribution in [0.5, 0.6) is 0 Å². The lowest BCUT2D eigenvalue weighted by molar-refractivity contribution is -0.170. The highest BCUT2D eigenvalue weighted by Crippen LogP contribution is 2.64. The predicted octanol–water partition coefficient (Wildman–Crippen LogP) is 5.22. The predicted molar refractivity (Wildman–Crippen MR) is 107 cm³/mol. The van der Waals surface area contributed by atoms with E-state index in [1.165, 1.54) is 18.6 Å². The van der Waals surface area contributed by atoms with Gasteiger partial charge in [0.2, 0.25) is 0 Å². The summed E-state index contributed by atoms with van der Waals surface area (Å²) in [4.78, 5) is 25.4. The number of alkyl halides is 3. The molecular weight excluding hydrogens is 452 g/mol. The Hall–Kier alpha value is -1.15. The molecule has 5 rings (SSSR count). The topological polar surface area (TPSA) is 55.4 Å². The van der Waals surface area contributed by atoms with Gasteiger partial charge in [-0.2, -0.15) is 8.78 Å². The molecule has 0 radical (unpaired) electrons. The van der Waals surface area contributed by atoms with Crippen LogP contribution >= 0.6 is 27.7 Å². The van der Waals surface area contributed by atoms with Crippen LogP contribution in [-0.2, 0) is 14.3 Å². The van der Waals surface area contributed by atoms with E-state index in [0.29, 0.717) is 34.2 Å². The smallest absolute Gasteiger partial charge is 0.312 e. The number of nitrogens with one attached hydrogen (secondary N) is 1. The lowest BCUT2D eigenvalue weighted by Crippen LogP contribution is -2.56. The van der Waals surface area contributed by atoms with E-state index in [1.807, 2.05) is 0 Å². The van der Waals surface area contributed by atoms with Gasteiger partial charge in [-0.1, -0.05) is 27.7 Å². The number of esters is 1. The van der Waals surface area contributed by atoms with Crippen LogP contribution in [0.15, 0.2) is 29.2 Å². The number of hydrogen-bond acceptors (Lipinski definition) is 4. The van der Waals surface area contributed by atoms with Crippen LogP contribution in [0.4, 0.5) is 14.5 Å². The Balaban J connectivity index is 1.31. The highest BCUT2D eigenvalue weighted by Gasteiger charge is 2.60. The van der Waals surface area contributed by atoms with Crippen LogP contribution in [-0.4, -0.2) is 28.6 Å². The van der Waals surface area contributed by atoms with E-state index in [9.17, 15) is 18.4 Å². The van der Waals surface area contributed by atoms with E-state index >= 15 is 0 Å². The summed E-state index contributed by atoms with van der Waals surface area (Å²) in [6, 6.07) is 6.14. The molecule has 4 fully saturated rings. The fourth-order valence-electron chi connectivity index (χ4n) is 5.59. The number of anilines is 1. The van der Waals surface area contributed by atoms with E-state index in [0.717, 1.165) is 32.1 Å². The monoisotopic (exact) mass is 473 g/mol. The summed E-state index contributed by atoms with van der Waals surface area (Å²) in [5, 5.41) is 2.64. The van der Waals surface area contributed by atoms with Crippen LogP contribution in [0.25, 0.3) is 0 Å². The Kier molecular flexibility index (Phi) is 5.46. The van der Waals surface area contributed by atoms with Crippen LogP contribution in [0, 0.1) is 17.3 Å². The summed E-state index contributed by atoms with van der Waals surface area (Å²) >= 11 is 4.32. The van der Waals surface area contributed by atoms with Crippen molar-refractivity contribution in [1.82, 2.24) is 0 Å². The Morgan fingerprint density at radius 2 is 1.82 bits per heavy atom. The van der Waals surface area contributed by atoms with Crippen molar-refractivity contribution in [2.24, 2.45) is 17.3 Å². The molecule has 1 N–H and O–H groups in total. The van der Waals surface area contributed by atoms with Gasteiger partial charge in [-0.05, 0) is 74.6 Å². The van der Waals surface area contributed by atoms with Crippen molar-refractivity contribution >= 4 is 45.3 Å². The highest BCUT2D eigenvalue weighted by molar-refractivity contribution is 9.10. The lowest BCUT2D eigenvalue weighted by atomic mass is 9.49. The van der Waals surface area contributed by atoms with Crippen LogP contribution < -0.4 is 5.32 Å². The first-order valence-electron chi connectivity index (χ1n) is 9.46. The molecule has 4 aliphatic carbocycles. The average molecular weight is 474 g/mol. The maximum Gasteiger partial charge on any atom is 0.312 e. The summed E-state index contributed by atoms with van der Waals surface area (Å²) < 4.78 is 30.1. The van der Waals surface area contributed by atoms with Crippen molar-refractivity contribution in [3.8, 4) is 0 Å². The molecule has 4 aliphatic rings. The Morgan fingerprint density at radius 1 is 1.18 bits per heavy atom. The Bertz CT molecular complexity index is 759. The van der Waals surface area contributed by atoms with E-state index in [4.69, 9.17) is 4.74 Å². The second kappa shape index (κ2) is 7.59. The molecule has 0 heterocycles. The van der Waals surface area contributed by atoms with Crippen LogP contribution in [0.3, 0.4) is 0 Å². The van der Waals surface area contributed by atoms with Gasteiger partial charge in [0.15, 0.2) is 6.61 Å². The zero-order valence-electron chi connectivity index (χ0n) is 15.3. The van der Waals surface area contributed by atoms with E-state index in [1.54, 1.807) is 12.1 Å². The molecule has 4 saturated carbocycles. The number of benzene rings is 1. The fraction of sp³-hybridized carbons (Fsp3) is 0.600. The molecule has 0 saturated heterocycles. The SMILES string of the molecule is O=C(COC(=O)C12C[C@H]3C[C@@H](CC(Br)(C3)C1)C2)Nc1ccc(SC(F)F)cc1. The van der Waals surface area contributed by atoms with Gasteiger partial charge in [0.1, 0.15) is 0 Å². The molecule has 2 atom stereocenters. The maximum absolute atomic E-state index is 12.8. The van der Waals surface area contributed by atoms with Gasteiger partial charge < -0.3 is 10.1 Å². The molecule has 152 valence electrons. The molecule has 0 aromatic heterocycles. The van der Waals surface area contributed by atoms with Gasteiger partial charge in [0, 0.05) is 14.9 Å². The third kappa shape index (κ3) is 4.22. The number of carbonyl (C=O) groups excluding carboxylic acids is 2.